The summed E-state index contributed by atoms with van der Waals surface area (Å²) in [5.74, 6) is 3.27. The molecular weight excluding hydrogens is 252 g/mol. The van der Waals surface area contributed by atoms with Gasteiger partial charge >= 0.3 is 0 Å². The Morgan fingerprint density at radius 3 is 2.57 bits per heavy atom. The highest BCUT2D eigenvalue weighted by molar-refractivity contribution is 5.22. The van der Waals surface area contributed by atoms with E-state index in [1.165, 1.54) is 44.9 Å². The first-order chi connectivity index (χ1) is 9.90. The number of rotatable bonds is 1. The van der Waals surface area contributed by atoms with Gasteiger partial charge in [0.15, 0.2) is 0 Å². The molecule has 3 rings (SSSR count). The molecule has 21 heavy (non-hydrogen) atoms. The summed E-state index contributed by atoms with van der Waals surface area (Å²) in [6, 6.07) is 0. The summed E-state index contributed by atoms with van der Waals surface area (Å²) in [5.41, 5.74) is 2.81. The maximum absolute atomic E-state index is 4.14. The van der Waals surface area contributed by atoms with Crippen LogP contribution in [0.2, 0.25) is 0 Å². The van der Waals surface area contributed by atoms with E-state index in [9.17, 15) is 0 Å². The average Bonchev–Trinajstić information content (AvgIpc) is 2.76. The van der Waals surface area contributed by atoms with Gasteiger partial charge in [0.25, 0.3) is 0 Å². The first-order valence-electron chi connectivity index (χ1n) is 9.24. The molecule has 6 unspecified atom stereocenters. The van der Waals surface area contributed by atoms with E-state index in [-0.39, 0.29) is 0 Å². The SMILES string of the molecule is C=CC1CCC2CC3=CC(C)CCC3(C)C(C)CCC12C. The molecule has 0 aliphatic heterocycles. The van der Waals surface area contributed by atoms with Crippen LogP contribution < -0.4 is 0 Å². The maximum atomic E-state index is 4.14. The highest BCUT2D eigenvalue weighted by Gasteiger charge is 2.49. The van der Waals surface area contributed by atoms with Gasteiger partial charge in [0.1, 0.15) is 0 Å². The Bertz CT molecular complexity index is 445. The normalized spacial score (nSPS) is 50.4. The summed E-state index contributed by atoms with van der Waals surface area (Å²) in [5, 5.41) is 0. The number of allylic oxidation sites excluding steroid dienone is 3. The fourth-order valence-electron chi connectivity index (χ4n) is 5.74. The highest BCUT2D eigenvalue weighted by Crippen LogP contribution is 2.60. The van der Waals surface area contributed by atoms with Gasteiger partial charge in [-0.1, -0.05) is 45.4 Å². The van der Waals surface area contributed by atoms with E-state index >= 15 is 0 Å². The van der Waals surface area contributed by atoms with E-state index in [0.717, 1.165) is 23.7 Å². The van der Waals surface area contributed by atoms with Gasteiger partial charge in [-0.05, 0) is 79.4 Å². The second kappa shape index (κ2) is 5.28. The van der Waals surface area contributed by atoms with Crippen molar-refractivity contribution in [3.63, 3.8) is 0 Å². The topological polar surface area (TPSA) is 0 Å². The zero-order chi connectivity index (χ0) is 15.3. The average molecular weight is 287 g/mol. The summed E-state index contributed by atoms with van der Waals surface area (Å²) in [6.45, 7) is 14.2. The number of fused-ring (bicyclic) bond motifs is 2. The molecule has 0 heteroatoms. The molecule has 0 N–H and O–H groups in total. The Labute approximate surface area is 132 Å². The van der Waals surface area contributed by atoms with Crippen molar-refractivity contribution in [3.8, 4) is 0 Å². The minimum Gasteiger partial charge on any atom is -0.103 e. The van der Waals surface area contributed by atoms with Crippen molar-refractivity contribution < 1.29 is 0 Å². The molecule has 0 spiro atoms. The molecular formula is C21H34. The Morgan fingerprint density at radius 1 is 1.10 bits per heavy atom. The molecule has 0 heterocycles. The smallest absolute Gasteiger partial charge is 0.00904 e. The van der Waals surface area contributed by atoms with Crippen LogP contribution in [-0.4, -0.2) is 0 Å². The molecule has 2 saturated carbocycles. The molecule has 2 fully saturated rings. The second-order valence-electron chi connectivity index (χ2n) is 8.89. The molecule has 0 nitrogen and oxygen atoms in total. The second-order valence-corrected chi connectivity index (χ2v) is 8.89. The van der Waals surface area contributed by atoms with Crippen LogP contribution in [0.4, 0.5) is 0 Å². The molecule has 118 valence electrons. The largest absolute Gasteiger partial charge is 0.103 e. The van der Waals surface area contributed by atoms with E-state index in [1.807, 2.05) is 5.57 Å². The van der Waals surface area contributed by atoms with Crippen molar-refractivity contribution >= 4 is 0 Å². The lowest BCUT2D eigenvalue weighted by Gasteiger charge is -2.49. The highest BCUT2D eigenvalue weighted by atomic mass is 14.5. The van der Waals surface area contributed by atoms with Crippen LogP contribution in [0.25, 0.3) is 0 Å². The molecule has 0 bridgehead atoms. The standard InChI is InChI=1S/C21H34/c1-6-17-7-8-18-14-19-13-15(2)9-11-20(19,4)16(3)10-12-21(17,18)5/h6,13,15-18H,1,7-12,14H2,2-5H3. The van der Waals surface area contributed by atoms with E-state index in [1.54, 1.807) is 0 Å². The number of hydrogen-bond acceptors (Lipinski definition) is 0. The summed E-state index contributed by atoms with van der Waals surface area (Å²) in [4.78, 5) is 0. The minimum absolute atomic E-state index is 0.486. The van der Waals surface area contributed by atoms with Gasteiger partial charge in [0.05, 0.1) is 0 Å². The summed E-state index contributed by atoms with van der Waals surface area (Å²) in [6.07, 6.45) is 14.7. The molecule has 0 radical (unpaired) electrons. The van der Waals surface area contributed by atoms with Crippen molar-refractivity contribution in [3.05, 3.63) is 24.3 Å². The van der Waals surface area contributed by atoms with Gasteiger partial charge in [-0.3, -0.25) is 0 Å². The zero-order valence-electron chi connectivity index (χ0n) is 14.6. The molecule has 3 aliphatic rings. The van der Waals surface area contributed by atoms with Crippen LogP contribution in [0.15, 0.2) is 24.3 Å². The van der Waals surface area contributed by atoms with Gasteiger partial charge in [-0.2, -0.15) is 0 Å². The van der Waals surface area contributed by atoms with E-state index in [2.05, 4.69) is 46.4 Å². The predicted molar refractivity (Wildman–Crippen MR) is 92.1 cm³/mol. The fraction of sp³-hybridized carbons (Fsp3) is 0.810. The molecule has 3 aliphatic carbocycles. The lowest BCUT2D eigenvalue weighted by Crippen LogP contribution is -2.39. The van der Waals surface area contributed by atoms with Crippen LogP contribution in [0.1, 0.15) is 72.6 Å². The van der Waals surface area contributed by atoms with Crippen molar-refractivity contribution in [1.82, 2.24) is 0 Å². The van der Waals surface area contributed by atoms with Crippen molar-refractivity contribution in [2.75, 3.05) is 0 Å². The van der Waals surface area contributed by atoms with Crippen molar-refractivity contribution in [2.24, 2.45) is 34.5 Å². The van der Waals surface area contributed by atoms with E-state index in [0.29, 0.717) is 10.8 Å². The third-order valence-electron chi connectivity index (χ3n) is 7.90. The molecule has 6 atom stereocenters. The lowest BCUT2D eigenvalue weighted by molar-refractivity contribution is 0.0886. The van der Waals surface area contributed by atoms with Gasteiger partial charge in [0, 0.05) is 0 Å². The van der Waals surface area contributed by atoms with Crippen LogP contribution in [0.3, 0.4) is 0 Å². The predicted octanol–water partition coefficient (Wildman–Crippen LogP) is 6.39. The van der Waals surface area contributed by atoms with E-state index in [4.69, 9.17) is 0 Å². The third kappa shape index (κ3) is 2.34. The van der Waals surface area contributed by atoms with Crippen LogP contribution in [0.5, 0.6) is 0 Å². The first-order valence-corrected chi connectivity index (χ1v) is 9.24. The summed E-state index contributed by atoms with van der Waals surface area (Å²) in [7, 11) is 0. The maximum Gasteiger partial charge on any atom is -0.00904 e. The van der Waals surface area contributed by atoms with Gasteiger partial charge in [-0.25, -0.2) is 0 Å². The van der Waals surface area contributed by atoms with Crippen molar-refractivity contribution in [1.29, 1.82) is 0 Å². The zero-order valence-corrected chi connectivity index (χ0v) is 14.6. The van der Waals surface area contributed by atoms with Gasteiger partial charge in [0.2, 0.25) is 0 Å². The quantitative estimate of drug-likeness (QED) is 0.490. The Balaban J connectivity index is 1.96. The Hall–Kier alpha value is -0.520. The third-order valence-corrected chi connectivity index (χ3v) is 7.90. The monoisotopic (exact) mass is 286 g/mol. The molecule has 0 aromatic carbocycles. The number of hydrogen-bond donors (Lipinski definition) is 0. The molecule has 0 aromatic heterocycles. The van der Waals surface area contributed by atoms with Crippen LogP contribution in [0, 0.1) is 34.5 Å². The fourth-order valence-corrected chi connectivity index (χ4v) is 5.74. The molecule has 0 saturated heterocycles. The van der Waals surface area contributed by atoms with Gasteiger partial charge in [-0.15, -0.1) is 6.58 Å². The van der Waals surface area contributed by atoms with Crippen LogP contribution >= 0.6 is 0 Å². The Kier molecular flexibility index (Phi) is 3.87. The Morgan fingerprint density at radius 2 is 1.86 bits per heavy atom. The summed E-state index contributed by atoms with van der Waals surface area (Å²) < 4.78 is 0. The van der Waals surface area contributed by atoms with Crippen LogP contribution in [-0.2, 0) is 0 Å². The van der Waals surface area contributed by atoms with Gasteiger partial charge < -0.3 is 0 Å². The molecule has 0 amide bonds. The van der Waals surface area contributed by atoms with Crippen molar-refractivity contribution in [2.45, 2.75) is 72.6 Å². The summed E-state index contributed by atoms with van der Waals surface area (Å²) >= 11 is 0. The minimum atomic E-state index is 0.486. The first kappa shape index (κ1) is 15.4. The van der Waals surface area contributed by atoms with E-state index < -0.39 is 0 Å². The lowest BCUT2D eigenvalue weighted by atomic mass is 9.56. The molecule has 0 aromatic rings.